The number of nitrogens with one attached hydrogen (secondary N) is 1. The van der Waals surface area contributed by atoms with Crippen LogP contribution in [0.4, 0.5) is 11.4 Å². The van der Waals surface area contributed by atoms with Crippen molar-refractivity contribution in [2.75, 3.05) is 33.9 Å². The smallest absolute Gasteiger partial charge is 0.235 e. The van der Waals surface area contributed by atoms with E-state index >= 15 is 0 Å². The van der Waals surface area contributed by atoms with Gasteiger partial charge in [0.25, 0.3) is 0 Å². The molecule has 1 saturated heterocycles. The minimum Gasteiger partial charge on any atom is -0.325 e. The SMILES string of the molecule is CSCC(=O)Nc1ccc(N2CCCS2(=O)=O)cc1. The van der Waals surface area contributed by atoms with Crippen LogP contribution in [0, 0.1) is 0 Å². The van der Waals surface area contributed by atoms with Crippen LogP contribution in [0.1, 0.15) is 6.42 Å². The van der Waals surface area contributed by atoms with Crippen LogP contribution in [-0.2, 0) is 14.8 Å². The van der Waals surface area contributed by atoms with Crippen molar-refractivity contribution in [2.24, 2.45) is 0 Å². The van der Waals surface area contributed by atoms with E-state index in [4.69, 9.17) is 0 Å². The molecule has 0 saturated carbocycles. The number of anilines is 2. The number of hydrogen-bond acceptors (Lipinski definition) is 4. The zero-order chi connectivity index (χ0) is 13.9. The highest BCUT2D eigenvalue weighted by Crippen LogP contribution is 2.25. The summed E-state index contributed by atoms with van der Waals surface area (Å²) >= 11 is 1.45. The van der Waals surface area contributed by atoms with Gasteiger partial charge in [-0.2, -0.15) is 11.8 Å². The number of carbonyl (C=O) groups is 1. The van der Waals surface area contributed by atoms with E-state index in [1.807, 2.05) is 6.26 Å². The average Bonchev–Trinajstić information content (AvgIpc) is 2.70. The van der Waals surface area contributed by atoms with Crippen LogP contribution in [0.15, 0.2) is 24.3 Å². The van der Waals surface area contributed by atoms with Crippen molar-refractivity contribution in [3.63, 3.8) is 0 Å². The quantitative estimate of drug-likeness (QED) is 0.915. The van der Waals surface area contributed by atoms with Crippen molar-refractivity contribution >= 4 is 39.1 Å². The second-order valence-electron chi connectivity index (χ2n) is 4.27. The number of nitrogens with zero attached hydrogens (tertiary/aromatic N) is 1. The summed E-state index contributed by atoms with van der Waals surface area (Å²) in [5.41, 5.74) is 1.33. The molecule has 1 aromatic rings. The lowest BCUT2D eigenvalue weighted by molar-refractivity contribution is -0.113. The predicted molar refractivity (Wildman–Crippen MR) is 79.2 cm³/mol. The van der Waals surface area contributed by atoms with E-state index < -0.39 is 10.0 Å². The maximum Gasteiger partial charge on any atom is 0.235 e. The number of carbonyl (C=O) groups excluding carboxylic acids is 1. The van der Waals surface area contributed by atoms with Gasteiger partial charge in [-0.05, 0) is 36.9 Å². The first-order chi connectivity index (χ1) is 9.03. The van der Waals surface area contributed by atoms with Gasteiger partial charge < -0.3 is 5.32 Å². The van der Waals surface area contributed by atoms with Gasteiger partial charge in [-0.15, -0.1) is 0 Å². The summed E-state index contributed by atoms with van der Waals surface area (Å²) in [7, 11) is -3.14. The van der Waals surface area contributed by atoms with Gasteiger partial charge in [-0.1, -0.05) is 0 Å². The second-order valence-corrected chi connectivity index (χ2v) is 7.15. The molecule has 1 heterocycles. The minimum atomic E-state index is -3.14. The topological polar surface area (TPSA) is 66.5 Å². The van der Waals surface area contributed by atoms with Gasteiger partial charge in [-0.25, -0.2) is 8.42 Å². The number of hydrogen-bond donors (Lipinski definition) is 1. The van der Waals surface area contributed by atoms with Gasteiger partial charge >= 0.3 is 0 Å². The molecule has 104 valence electrons. The monoisotopic (exact) mass is 300 g/mol. The van der Waals surface area contributed by atoms with Gasteiger partial charge in [0, 0.05) is 12.2 Å². The van der Waals surface area contributed by atoms with Crippen LogP contribution < -0.4 is 9.62 Å². The van der Waals surface area contributed by atoms with E-state index in [-0.39, 0.29) is 11.7 Å². The highest BCUT2D eigenvalue weighted by Gasteiger charge is 2.28. The van der Waals surface area contributed by atoms with Gasteiger partial charge in [0.1, 0.15) is 0 Å². The van der Waals surface area contributed by atoms with Crippen LogP contribution in [0.2, 0.25) is 0 Å². The van der Waals surface area contributed by atoms with Gasteiger partial charge in [0.15, 0.2) is 0 Å². The van der Waals surface area contributed by atoms with E-state index in [1.54, 1.807) is 24.3 Å². The van der Waals surface area contributed by atoms with Gasteiger partial charge in [0.05, 0.1) is 17.2 Å². The Labute approximate surface area is 117 Å². The maximum absolute atomic E-state index is 11.8. The number of benzene rings is 1. The fourth-order valence-electron chi connectivity index (χ4n) is 1.97. The largest absolute Gasteiger partial charge is 0.325 e. The lowest BCUT2D eigenvalue weighted by atomic mass is 10.2. The van der Waals surface area contributed by atoms with E-state index in [0.717, 1.165) is 0 Å². The number of amides is 1. The molecule has 0 atom stereocenters. The molecule has 0 aromatic heterocycles. The Morgan fingerprint density at radius 2 is 2.05 bits per heavy atom. The first-order valence-corrected chi connectivity index (χ1v) is 8.92. The standard InChI is InChI=1S/C12H16N2O3S2/c1-18-9-12(15)13-10-3-5-11(6-4-10)14-7-2-8-19(14,16)17/h3-6H,2,7-9H2,1H3,(H,13,15). The summed E-state index contributed by atoms with van der Waals surface area (Å²) < 4.78 is 24.9. The molecule has 1 aliphatic heterocycles. The second kappa shape index (κ2) is 5.83. The molecule has 0 unspecified atom stereocenters. The molecule has 1 fully saturated rings. The Hall–Kier alpha value is -1.21. The highest BCUT2D eigenvalue weighted by atomic mass is 32.2. The molecule has 0 bridgehead atoms. The molecule has 1 N–H and O–H groups in total. The van der Waals surface area contributed by atoms with Crippen molar-refractivity contribution in [1.82, 2.24) is 0 Å². The minimum absolute atomic E-state index is 0.0611. The first-order valence-electron chi connectivity index (χ1n) is 5.92. The predicted octanol–water partition coefficient (Wildman–Crippen LogP) is 1.53. The molecule has 1 amide bonds. The molecule has 2 rings (SSSR count). The third kappa shape index (κ3) is 3.42. The summed E-state index contributed by atoms with van der Waals surface area (Å²) in [5, 5.41) is 2.75. The normalized spacial score (nSPS) is 17.4. The van der Waals surface area contributed by atoms with Crippen LogP contribution in [0.3, 0.4) is 0 Å². The zero-order valence-corrected chi connectivity index (χ0v) is 12.3. The van der Waals surface area contributed by atoms with Crippen LogP contribution >= 0.6 is 11.8 Å². The summed E-state index contributed by atoms with van der Waals surface area (Å²) in [6.07, 6.45) is 2.52. The molecule has 7 heteroatoms. The summed E-state index contributed by atoms with van der Waals surface area (Å²) in [5.74, 6) is 0.551. The van der Waals surface area contributed by atoms with Crippen molar-refractivity contribution in [3.05, 3.63) is 24.3 Å². The summed E-state index contributed by atoms with van der Waals surface area (Å²) in [6.45, 7) is 0.528. The molecule has 1 aromatic carbocycles. The van der Waals surface area contributed by atoms with Crippen LogP contribution in [0.25, 0.3) is 0 Å². The molecule has 19 heavy (non-hydrogen) atoms. The number of rotatable bonds is 4. The number of thioether (sulfide) groups is 1. The molecule has 5 nitrogen and oxygen atoms in total. The third-order valence-electron chi connectivity index (χ3n) is 2.81. The first kappa shape index (κ1) is 14.2. The molecule has 1 aliphatic rings. The fourth-order valence-corrected chi connectivity index (χ4v) is 3.87. The van der Waals surface area contributed by atoms with Gasteiger partial charge in [0.2, 0.25) is 15.9 Å². The van der Waals surface area contributed by atoms with E-state index in [1.165, 1.54) is 16.1 Å². The van der Waals surface area contributed by atoms with E-state index in [0.29, 0.717) is 30.1 Å². The van der Waals surface area contributed by atoms with Crippen molar-refractivity contribution in [1.29, 1.82) is 0 Å². The van der Waals surface area contributed by atoms with E-state index in [9.17, 15) is 13.2 Å². The van der Waals surface area contributed by atoms with Crippen molar-refractivity contribution < 1.29 is 13.2 Å². The molecular formula is C12H16N2O3S2. The Bertz CT molecular complexity index is 555. The lowest BCUT2D eigenvalue weighted by Gasteiger charge is -2.17. The Kier molecular flexibility index (Phi) is 4.36. The van der Waals surface area contributed by atoms with Crippen molar-refractivity contribution in [2.45, 2.75) is 6.42 Å². The molecule has 0 radical (unpaired) electrons. The summed E-state index contributed by atoms with van der Waals surface area (Å²) in [4.78, 5) is 11.4. The third-order valence-corrected chi connectivity index (χ3v) is 5.23. The summed E-state index contributed by atoms with van der Waals surface area (Å²) in [6, 6.07) is 6.89. The Balaban J connectivity index is 2.09. The lowest BCUT2D eigenvalue weighted by Crippen LogP contribution is -2.25. The van der Waals surface area contributed by atoms with Crippen LogP contribution in [-0.4, -0.2) is 38.6 Å². The Morgan fingerprint density at radius 3 is 2.58 bits per heavy atom. The van der Waals surface area contributed by atoms with Crippen molar-refractivity contribution in [3.8, 4) is 0 Å². The highest BCUT2D eigenvalue weighted by molar-refractivity contribution is 7.99. The number of sulfonamides is 1. The molecular weight excluding hydrogens is 284 g/mol. The van der Waals surface area contributed by atoms with E-state index in [2.05, 4.69) is 5.32 Å². The van der Waals surface area contributed by atoms with Crippen LogP contribution in [0.5, 0.6) is 0 Å². The molecule has 0 spiro atoms. The molecule has 0 aliphatic carbocycles. The maximum atomic E-state index is 11.8. The fraction of sp³-hybridized carbons (Fsp3) is 0.417. The Morgan fingerprint density at radius 1 is 1.37 bits per heavy atom. The average molecular weight is 300 g/mol. The zero-order valence-electron chi connectivity index (χ0n) is 10.6. The van der Waals surface area contributed by atoms with Gasteiger partial charge in [-0.3, -0.25) is 9.10 Å².